The molecular formula is C22H24N2O5. The highest BCUT2D eigenvalue weighted by molar-refractivity contribution is 5.95. The summed E-state index contributed by atoms with van der Waals surface area (Å²) in [7, 11) is 4.69. The maximum absolute atomic E-state index is 13.0. The van der Waals surface area contributed by atoms with Crippen LogP contribution in [-0.4, -0.2) is 38.2 Å². The minimum Gasteiger partial charge on any atom is -0.493 e. The van der Waals surface area contributed by atoms with E-state index in [1.807, 2.05) is 30.3 Å². The Bertz CT molecular complexity index is 939. The van der Waals surface area contributed by atoms with Crippen LogP contribution >= 0.6 is 0 Å². The van der Waals surface area contributed by atoms with Crippen molar-refractivity contribution in [1.29, 1.82) is 0 Å². The van der Waals surface area contributed by atoms with E-state index in [0.29, 0.717) is 28.3 Å². The normalized spacial score (nSPS) is 16.3. The molecule has 29 heavy (non-hydrogen) atoms. The first-order valence-electron chi connectivity index (χ1n) is 9.14. The smallest absolute Gasteiger partial charge is 0.338 e. The maximum atomic E-state index is 13.0. The minimum absolute atomic E-state index is 0.146. The molecule has 0 bridgehead atoms. The highest BCUT2D eigenvalue weighted by atomic mass is 16.5. The van der Waals surface area contributed by atoms with Crippen molar-refractivity contribution in [3.05, 3.63) is 70.9 Å². The van der Waals surface area contributed by atoms with Gasteiger partial charge in [0, 0.05) is 12.7 Å². The molecule has 2 amide bonds. The summed E-state index contributed by atoms with van der Waals surface area (Å²) in [6, 6.07) is 13.7. The molecule has 0 aliphatic carbocycles. The number of methoxy groups -OCH3 is 2. The Labute approximate surface area is 169 Å². The lowest BCUT2D eigenvalue weighted by Gasteiger charge is -2.33. The van der Waals surface area contributed by atoms with Crippen molar-refractivity contribution >= 4 is 12.0 Å². The van der Waals surface area contributed by atoms with Crippen LogP contribution in [0.4, 0.5) is 4.79 Å². The van der Waals surface area contributed by atoms with E-state index in [1.54, 1.807) is 39.3 Å². The summed E-state index contributed by atoms with van der Waals surface area (Å²) >= 11 is 0. The van der Waals surface area contributed by atoms with Crippen LogP contribution in [0.15, 0.2) is 59.8 Å². The quantitative estimate of drug-likeness (QED) is 0.757. The second-order valence-electron chi connectivity index (χ2n) is 6.62. The van der Waals surface area contributed by atoms with Crippen molar-refractivity contribution in [2.75, 3.05) is 21.3 Å². The Morgan fingerprint density at radius 2 is 1.76 bits per heavy atom. The van der Waals surface area contributed by atoms with Gasteiger partial charge in [0.1, 0.15) is 6.61 Å². The molecule has 0 saturated heterocycles. The Morgan fingerprint density at radius 1 is 1.07 bits per heavy atom. The first-order chi connectivity index (χ1) is 14.0. The van der Waals surface area contributed by atoms with Gasteiger partial charge in [-0.3, -0.25) is 0 Å². The fourth-order valence-corrected chi connectivity index (χ4v) is 3.18. The summed E-state index contributed by atoms with van der Waals surface area (Å²) in [5.74, 6) is 0.579. The number of allylic oxidation sites excluding steroid dienone is 1. The standard InChI is InChI=1S/C22H24N2O5/c1-14-19(21(25)29-13-15-8-6-5-7-9-15)20(23-22(26)24(14)2)16-10-11-17(27-3)18(12-16)28-4/h5-12,20H,13H2,1-4H3,(H,23,26). The van der Waals surface area contributed by atoms with Gasteiger partial charge in [-0.2, -0.15) is 0 Å². The molecule has 2 aromatic carbocycles. The SMILES string of the molecule is COc1ccc(C2NC(=O)N(C)C(C)=C2C(=O)OCc2ccccc2)cc1OC. The number of hydrogen-bond donors (Lipinski definition) is 1. The van der Waals surface area contributed by atoms with Gasteiger partial charge in [-0.1, -0.05) is 36.4 Å². The van der Waals surface area contributed by atoms with E-state index in [4.69, 9.17) is 14.2 Å². The third kappa shape index (κ3) is 4.18. The van der Waals surface area contributed by atoms with Crippen LogP contribution in [0.3, 0.4) is 0 Å². The number of carbonyl (C=O) groups excluding carboxylic acids is 2. The lowest BCUT2D eigenvalue weighted by molar-refractivity contribution is -0.141. The number of esters is 1. The number of amides is 2. The molecule has 1 N–H and O–H groups in total. The molecule has 0 aromatic heterocycles. The molecule has 1 unspecified atom stereocenters. The highest BCUT2D eigenvalue weighted by Crippen LogP contribution is 2.35. The predicted octanol–water partition coefficient (Wildman–Crippen LogP) is 3.42. The van der Waals surface area contributed by atoms with Crippen molar-refractivity contribution in [3.63, 3.8) is 0 Å². The van der Waals surface area contributed by atoms with E-state index in [0.717, 1.165) is 5.56 Å². The predicted molar refractivity (Wildman–Crippen MR) is 108 cm³/mol. The van der Waals surface area contributed by atoms with Gasteiger partial charge in [-0.15, -0.1) is 0 Å². The highest BCUT2D eigenvalue weighted by Gasteiger charge is 2.35. The molecule has 152 valence electrons. The summed E-state index contributed by atoms with van der Waals surface area (Å²) in [6.45, 7) is 1.87. The second-order valence-corrected chi connectivity index (χ2v) is 6.62. The van der Waals surface area contributed by atoms with Gasteiger partial charge in [-0.05, 0) is 30.2 Å². The molecule has 1 atom stereocenters. The van der Waals surface area contributed by atoms with E-state index >= 15 is 0 Å². The lowest BCUT2D eigenvalue weighted by atomic mass is 9.94. The van der Waals surface area contributed by atoms with Crippen LogP contribution in [0, 0.1) is 0 Å². The molecule has 0 fully saturated rings. The molecule has 0 saturated carbocycles. The third-order valence-corrected chi connectivity index (χ3v) is 4.93. The monoisotopic (exact) mass is 396 g/mol. The zero-order valence-corrected chi connectivity index (χ0v) is 16.9. The number of nitrogens with zero attached hydrogens (tertiary/aromatic N) is 1. The van der Waals surface area contributed by atoms with Crippen molar-refractivity contribution < 1.29 is 23.8 Å². The zero-order chi connectivity index (χ0) is 21.0. The number of nitrogens with one attached hydrogen (secondary N) is 1. The number of carbonyl (C=O) groups is 2. The van der Waals surface area contributed by atoms with Crippen molar-refractivity contribution in [3.8, 4) is 11.5 Å². The molecule has 7 nitrogen and oxygen atoms in total. The van der Waals surface area contributed by atoms with Gasteiger partial charge in [-0.25, -0.2) is 9.59 Å². The van der Waals surface area contributed by atoms with Crippen LogP contribution in [0.25, 0.3) is 0 Å². The molecule has 1 aliphatic rings. The summed E-state index contributed by atoms with van der Waals surface area (Å²) < 4.78 is 16.2. The molecule has 2 aromatic rings. The number of urea groups is 1. The summed E-state index contributed by atoms with van der Waals surface area (Å²) in [5, 5.41) is 2.86. The van der Waals surface area contributed by atoms with Gasteiger partial charge in [0.15, 0.2) is 11.5 Å². The molecule has 3 rings (SSSR count). The maximum Gasteiger partial charge on any atom is 0.338 e. The van der Waals surface area contributed by atoms with Crippen molar-refractivity contribution in [2.24, 2.45) is 0 Å². The second kappa shape index (κ2) is 8.68. The molecule has 0 radical (unpaired) electrons. The van der Waals surface area contributed by atoms with E-state index in [9.17, 15) is 9.59 Å². The number of ether oxygens (including phenoxy) is 3. The van der Waals surface area contributed by atoms with E-state index < -0.39 is 12.0 Å². The number of benzene rings is 2. The minimum atomic E-state index is -0.665. The summed E-state index contributed by atoms with van der Waals surface area (Å²) in [6.07, 6.45) is 0. The Morgan fingerprint density at radius 3 is 2.41 bits per heavy atom. The van der Waals surface area contributed by atoms with Crippen LogP contribution in [0.5, 0.6) is 11.5 Å². The van der Waals surface area contributed by atoms with Gasteiger partial charge in [0.2, 0.25) is 0 Å². The first-order valence-corrected chi connectivity index (χ1v) is 9.14. The van der Waals surface area contributed by atoms with Crippen molar-refractivity contribution in [2.45, 2.75) is 19.6 Å². The molecule has 7 heteroatoms. The Hall–Kier alpha value is -3.48. The average molecular weight is 396 g/mol. The molecule has 0 spiro atoms. The number of hydrogen-bond acceptors (Lipinski definition) is 5. The lowest BCUT2D eigenvalue weighted by Crippen LogP contribution is -2.46. The van der Waals surface area contributed by atoms with Gasteiger partial charge in [0.05, 0.1) is 25.8 Å². The van der Waals surface area contributed by atoms with Crippen LogP contribution < -0.4 is 14.8 Å². The average Bonchev–Trinajstić information content (AvgIpc) is 2.75. The van der Waals surface area contributed by atoms with Gasteiger partial charge < -0.3 is 24.4 Å². The van der Waals surface area contributed by atoms with Gasteiger partial charge >= 0.3 is 12.0 Å². The van der Waals surface area contributed by atoms with E-state index in [1.165, 1.54) is 12.0 Å². The Balaban J connectivity index is 1.94. The largest absolute Gasteiger partial charge is 0.493 e. The topological polar surface area (TPSA) is 77.1 Å². The number of rotatable bonds is 6. The zero-order valence-electron chi connectivity index (χ0n) is 16.9. The summed E-state index contributed by atoms with van der Waals surface area (Å²) in [4.78, 5) is 26.8. The molecule has 1 aliphatic heterocycles. The third-order valence-electron chi connectivity index (χ3n) is 4.93. The van der Waals surface area contributed by atoms with Crippen molar-refractivity contribution in [1.82, 2.24) is 10.2 Å². The van der Waals surface area contributed by atoms with E-state index in [-0.39, 0.29) is 12.6 Å². The fourth-order valence-electron chi connectivity index (χ4n) is 3.18. The first kappa shape index (κ1) is 20.3. The Kier molecular flexibility index (Phi) is 6.07. The molecular weight excluding hydrogens is 372 g/mol. The van der Waals surface area contributed by atoms with Crippen LogP contribution in [-0.2, 0) is 16.1 Å². The van der Waals surface area contributed by atoms with Crippen LogP contribution in [0.2, 0.25) is 0 Å². The summed E-state index contributed by atoms with van der Waals surface area (Å²) in [5.41, 5.74) is 2.48. The van der Waals surface area contributed by atoms with E-state index in [2.05, 4.69) is 5.32 Å². The molecule has 1 heterocycles. The fraction of sp³-hybridized carbons (Fsp3) is 0.273. The van der Waals surface area contributed by atoms with Gasteiger partial charge in [0.25, 0.3) is 0 Å². The van der Waals surface area contributed by atoms with Crippen LogP contribution in [0.1, 0.15) is 24.1 Å².